The molecule has 0 bridgehead atoms. The zero-order valence-electron chi connectivity index (χ0n) is 18.5. The van der Waals surface area contributed by atoms with E-state index < -0.39 is 0 Å². The first-order chi connectivity index (χ1) is 16.0. The molecular weight excluding hydrogens is 436 g/mol. The smallest absolute Gasteiger partial charge is 0.279 e. The molecular formula is C25H25ClN6O. The van der Waals surface area contributed by atoms with Gasteiger partial charge in [0, 0.05) is 60.5 Å². The average Bonchev–Trinajstić information content (AvgIpc) is 3.55. The van der Waals surface area contributed by atoms with Gasteiger partial charge in [-0.3, -0.25) is 4.79 Å². The molecule has 0 spiro atoms. The number of carbonyl (C=O) groups excluding carboxylic acids is 1. The molecule has 1 amide bonds. The van der Waals surface area contributed by atoms with Crippen LogP contribution in [0.15, 0.2) is 61.1 Å². The van der Waals surface area contributed by atoms with Crippen LogP contribution in [0.4, 0.5) is 11.5 Å². The monoisotopic (exact) mass is 460 g/mol. The third kappa shape index (κ3) is 3.47. The Balaban J connectivity index is 1.14. The van der Waals surface area contributed by atoms with Gasteiger partial charge in [-0.25, -0.2) is 9.67 Å². The summed E-state index contributed by atoms with van der Waals surface area (Å²) in [6.07, 6.45) is 3.72. The normalized spacial score (nSPS) is 21.6. The summed E-state index contributed by atoms with van der Waals surface area (Å²) in [4.78, 5) is 24.2. The quantitative estimate of drug-likeness (QED) is 0.589. The molecule has 0 saturated carbocycles. The Hall–Kier alpha value is -3.32. The molecule has 2 fully saturated rings. The van der Waals surface area contributed by atoms with Gasteiger partial charge in [0.25, 0.3) is 5.91 Å². The van der Waals surface area contributed by atoms with E-state index >= 15 is 0 Å². The molecule has 168 valence electrons. The molecule has 33 heavy (non-hydrogen) atoms. The number of amides is 1. The van der Waals surface area contributed by atoms with Crippen molar-refractivity contribution in [2.75, 3.05) is 36.0 Å². The Morgan fingerprint density at radius 3 is 2.33 bits per heavy atom. The number of hydrogen-bond acceptors (Lipinski definition) is 5. The summed E-state index contributed by atoms with van der Waals surface area (Å²) in [5.74, 6) is 2.21. The number of fused-ring (bicyclic) bond motifs is 2. The minimum Gasteiger partial charge on any atom is -0.375 e. The van der Waals surface area contributed by atoms with Crippen LogP contribution in [0.1, 0.15) is 23.0 Å². The Morgan fingerprint density at radius 1 is 1.03 bits per heavy atom. The lowest BCUT2D eigenvalue weighted by Crippen LogP contribution is -2.28. The maximum absolute atomic E-state index is 13.0. The molecule has 1 aromatic carbocycles. The van der Waals surface area contributed by atoms with E-state index in [0.717, 1.165) is 54.6 Å². The van der Waals surface area contributed by atoms with Crippen molar-refractivity contribution in [2.45, 2.75) is 13.5 Å². The lowest BCUT2D eigenvalue weighted by atomic mass is 10.0. The first-order valence-electron chi connectivity index (χ1n) is 11.2. The van der Waals surface area contributed by atoms with Gasteiger partial charge in [-0.15, -0.1) is 0 Å². The third-order valence-corrected chi connectivity index (χ3v) is 7.30. The van der Waals surface area contributed by atoms with Crippen LogP contribution >= 0.6 is 11.6 Å². The fourth-order valence-electron chi connectivity index (χ4n) is 5.23. The second kappa shape index (κ2) is 7.63. The number of nitrogens with zero attached hydrogens (tertiary/aromatic N) is 6. The Bertz CT molecular complexity index is 1220. The van der Waals surface area contributed by atoms with E-state index in [0.29, 0.717) is 29.1 Å². The highest BCUT2D eigenvalue weighted by atomic mass is 35.5. The first-order valence-corrected chi connectivity index (χ1v) is 11.6. The Morgan fingerprint density at radius 2 is 1.73 bits per heavy atom. The van der Waals surface area contributed by atoms with Gasteiger partial charge in [-0.1, -0.05) is 18.2 Å². The largest absolute Gasteiger partial charge is 0.375 e. The number of benzene rings is 1. The zero-order chi connectivity index (χ0) is 22.7. The van der Waals surface area contributed by atoms with E-state index in [1.807, 2.05) is 42.6 Å². The topological polar surface area (TPSA) is 57.5 Å². The highest BCUT2D eigenvalue weighted by molar-refractivity contribution is 6.30. The summed E-state index contributed by atoms with van der Waals surface area (Å²) < 4.78 is 1.73. The molecule has 0 radical (unpaired) electrons. The first kappa shape index (κ1) is 20.3. The number of aromatic nitrogens is 3. The van der Waals surface area contributed by atoms with E-state index in [4.69, 9.17) is 16.6 Å². The van der Waals surface area contributed by atoms with Crippen molar-refractivity contribution >= 4 is 29.0 Å². The molecule has 6 rings (SSSR count). The number of hydrogen-bond donors (Lipinski definition) is 0. The second-order valence-electron chi connectivity index (χ2n) is 9.26. The van der Waals surface area contributed by atoms with Crippen molar-refractivity contribution in [3.05, 3.63) is 77.3 Å². The molecule has 5 heterocycles. The van der Waals surface area contributed by atoms with Crippen molar-refractivity contribution in [3.8, 4) is 5.69 Å². The van der Waals surface area contributed by atoms with Gasteiger partial charge >= 0.3 is 0 Å². The Labute approximate surface area is 197 Å². The van der Waals surface area contributed by atoms with Gasteiger partial charge < -0.3 is 14.7 Å². The number of carbonyl (C=O) groups is 1. The van der Waals surface area contributed by atoms with E-state index in [2.05, 4.69) is 28.4 Å². The second-order valence-corrected chi connectivity index (χ2v) is 9.69. The van der Waals surface area contributed by atoms with E-state index in [9.17, 15) is 4.79 Å². The fourth-order valence-corrected chi connectivity index (χ4v) is 5.35. The van der Waals surface area contributed by atoms with Gasteiger partial charge in [-0.05, 0) is 43.3 Å². The van der Waals surface area contributed by atoms with Crippen molar-refractivity contribution < 1.29 is 4.79 Å². The molecule has 2 aromatic heterocycles. The average molecular weight is 461 g/mol. The van der Waals surface area contributed by atoms with Crippen LogP contribution in [0.2, 0.25) is 5.02 Å². The highest BCUT2D eigenvalue weighted by Gasteiger charge is 2.40. The zero-order valence-corrected chi connectivity index (χ0v) is 19.2. The molecule has 2 atom stereocenters. The fraction of sp³-hybridized carbons (Fsp3) is 0.320. The number of anilines is 2. The van der Waals surface area contributed by atoms with Crippen LogP contribution in [0.25, 0.3) is 5.69 Å². The minimum absolute atomic E-state index is 0.0946. The Kier molecular flexibility index (Phi) is 4.69. The predicted octanol–water partition coefficient (Wildman–Crippen LogP) is 3.98. The summed E-state index contributed by atoms with van der Waals surface area (Å²) in [6.45, 7) is 10.9. The van der Waals surface area contributed by atoms with Crippen molar-refractivity contribution in [3.63, 3.8) is 0 Å². The van der Waals surface area contributed by atoms with Crippen LogP contribution in [-0.4, -0.2) is 51.8 Å². The molecule has 0 aliphatic carbocycles. The molecule has 3 aliphatic rings. The van der Waals surface area contributed by atoms with Gasteiger partial charge in [0.05, 0.1) is 24.1 Å². The standard InChI is InChI=1S/C25H25ClN6O/c1-16(2)29-10-17-12-30(13-18(17)11-29)23-8-7-22(9-27-23)31-14-19-15-32(28-24(19)25(31)33)21-5-3-20(26)4-6-21/h3-9,15,17-18H,1,10-14H2,2H3. The lowest BCUT2D eigenvalue weighted by molar-refractivity contribution is 0.0991. The molecule has 0 N–H and O–H groups in total. The van der Waals surface area contributed by atoms with Gasteiger partial charge in [0.1, 0.15) is 5.82 Å². The number of likely N-dealkylation sites (tertiary alicyclic amines) is 1. The van der Waals surface area contributed by atoms with Gasteiger partial charge in [0.15, 0.2) is 5.69 Å². The number of allylic oxidation sites excluding steroid dienone is 1. The van der Waals surface area contributed by atoms with E-state index in [1.54, 1.807) is 15.8 Å². The number of rotatable bonds is 4. The predicted molar refractivity (Wildman–Crippen MR) is 129 cm³/mol. The van der Waals surface area contributed by atoms with Gasteiger partial charge in [-0.2, -0.15) is 5.10 Å². The van der Waals surface area contributed by atoms with Crippen molar-refractivity contribution in [1.82, 2.24) is 19.7 Å². The summed E-state index contributed by atoms with van der Waals surface area (Å²) in [6, 6.07) is 11.4. The van der Waals surface area contributed by atoms with Crippen LogP contribution in [0, 0.1) is 11.8 Å². The lowest BCUT2D eigenvalue weighted by Gasteiger charge is -2.24. The van der Waals surface area contributed by atoms with E-state index in [1.165, 1.54) is 0 Å². The van der Waals surface area contributed by atoms with Crippen molar-refractivity contribution in [1.29, 1.82) is 0 Å². The van der Waals surface area contributed by atoms with E-state index in [-0.39, 0.29) is 5.91 Å². The minimum atomic E-state index is -0.0946. The molecule has 3 aliphatic heterocycles. The van der Waals surface area contributed by atoms with Crippen LogP contribution in [0.5, 0.6) is 0 Å². The molecule has 7 nitrogen and oxygen atoms in total. The van der Waals surface area contributed by atoms with Crippen LogP contribution in [-0.2, 0) is 6.54 Å². The summed E-state index contributed by atoms with van der Waals surface area (Å²) in [5.41, 5.74) is 4.24. The summed E-state index contributed by atoms with van der Waals surface area (Å²) in [7, 11) is 0. The van der Waals surface area contributed by atoms with Crippen molar-refractivity contribution in [2.24, 2.45) is 11.8 Å². The van der Waals surface area contributed by atoms with Crippen LogP contribution in [0.3, 0.4) is 0 Å². The third-order valence-electron chi connectivity index (χ3n) is 7.05. The maximum atomic E-state index is 13.0. The molecule has 3 aromatic rings. The number of halogens is 1. The molecule has 8 heteroatoms. The van der Waals surface area contributed by atoms with Gasteiger partial charge in [0.2, 0.25) is 0 Å². The molecule has 2 saturated heterocycles. The van der Waals surface area contributed by atoms with Crippen LogP contribution < -0.4 is 9.80 Å². The summed E-state index contributed by atoms with van der Waals surface area (Å²) >= 11 is 5.97. The SMILES string of the molecule is C=C(C)N1CC2CN(c3ccc(N4Cc5cn(-c6ccc(Cl)cc6)nc5C4=O)cn3)CC2C1. The highest BCUT2D eigenvalue weighted by Crippen LogP contribution is 2.35. The summed E-state index contributed by atoms with van der Waals surface area (Å²) in [5, 5.41) is 5.19. The molecule has 2 unspecified atom stereocenters. The maximum Gasteiger partial charge on any atom is 0.279 e. The number of pyridine rings is 1.